The van der Waals surface area contributed by atoms with Crippen molar-refractivity contribution in [1.29, 1.82) is 0 Å². The van der Waals surface area contributed by atoms with E-state index in [1.165, 1.54) is 0 Å². The Balaban J connectivity index is 1.77. The van der Waals surface area contributed by atoms with Crippen molar-refractivity contribution in [3.8, 4) is 0 Å². The van der Waals surface area contributed by atoms with Crippen LogP contribution in [0.5, 0.6) is 0 Å². The van der Waals surface area contributed by atoms with Crippen LogP contribution in [0.25, 0.3) is 0 Å². The summed E-state index contributed by atoms with van der Waals surface area (Å²) < 4.78 is 0. The lowest BCUT2D eigenvalue weighted by Gasteiger charge is -2.34. The summed E-state index contributed by atoms with van der Waals surface area (Å²) in [5, 5.41) is 0. The van der Waals surface area contributed by atoms with E-state index in [4.69, 9.17) is 0 Å². The van der Waals surface area contributed by atoms with Crippen molar-refractivity contribution in [3.63, 3.8) is 0 Å². The number of carbonyl (C=O) groups excluding carboxylic acids is 1. The minimum absolute atomic E-state index is 0.190. The van der Waals surface area contributed by atoms with Gasteiger partial charge in [0.05, 0.1) is 0 Å². The number of amides is 1. The van der Waals surface area contributed by atoms with Gasteiger partial charge in [0, 0.05) is 57.5 Å². The van der Waals surface area contributed by atoms with Gasteiger partial charge in [-0.1, -0.05) is 6.07 Å². The van der Waals surface area contributed by atoms with Gasteiger partial charge < -0.3 is 4.90 Å². The van der Waals surface area contributed by atoms with Gasteiger partial charge in [0.1, 0.15) is 0 Å². The van der Waals surface area contributed by atoms with Gasteiger partial charge in [-0.25, -0.2) is 0 Å². The fraction of sp³-hybridized carbons (Fsp3) is 0.571. The van der Waals surface area contributed by atoms with Crippen molar-refractivity contribution in [2.75, 3.05) is 32.7 Å². The van der Waals surface area contributed by atoms with Crippen LogP contribution >= 0.6 is 0 Å². The fourth-order valence-corrected chi connectivity index (χ4v) is 2.30. The Bertz CT molecular complexity index is 411. The Labute approximate surface area is 109 Å². The molecule has 0 aliphatic carbocycles. The zero-order valence-corrected chi connectivity index (χ0v) is 11.2. The standard InChI is InChI=1S/C14H21N3O/c1-12-4-3-5-14(15-12)6-7-16-8-10-17(11-9-16)13(2)18/h3-5H,6-11H2,1-2H3. The number of aromatic nitrogens is 1. The topological polar surface area (TPSA) is 36.4 Å². The highest BCUT2D eigenvalue weighted by molar-refractivity contribution is 5.73. The van der Waals surface area contributed by atoms with Crippen LogP contribution in [0, 0.1) is 6.92 Å². The van der Waals surface area contributed by atoms with E-state index >= 15 is 0 Å². The summed E-state index contributed by atoms with van der Waals surface area (Å²) >= 11 is 0. The minimum Gasteiger partial charge on any atom is -0.340 e. The molecule has 4 nitrogen and oxygen atoms in total. The van der Waals surface area contributed by atoms with E-state index in [0.29, 0.717) is 0 Å². The van der Waals surface area contributed by atoms with Crippen molar-refractivity contribution in [2.45, 2.75) is 20.3 Å². The lowest BCUT2D eigenvalue weighted by atomic mass is 10.2. The van der Waals surface area contributed by atoms with Crippen LogP contribution in [0.3, 0.4) is 0 Å². The molecule has 1 aliphatic heterocycles. The quantitative estimate of drug-likeness (QED) is 0.802. The molecule has 1 aromatic rings. The zero-order chi connectivity index (χ0) is 13.0. The van der Waals surface area contributed by atoms with Crippen LogP contribution in [0.15, 0.2) is 18.2 Å². The van der Waals surface area contributed by atoms with Crippen molar-refractivity contribution >= 4 is 5.91 Å². The van der Waals surface area contributed by atoms with Gasteiger partial charge in [-0.3, -0.25) is 14.7 Å². The van der Waals surface area contributed by atoms with Crippen LogP contribution in [-0.2, 0) is 11.2 Å². The first-order chi connectivity index (χ1) is 8.65. The van der Waals surface area contributed by atoms with Gasteiger partial charge >= 0.3 is 0 Å². The Morgan fingerprint density at radius 3 is 2.61 bits per heavy atom. The lowest BCUT2D eigenvalue weighted by molar-refractivity contribution is -0.130. The number of pyridine rings is 1. The molecule has 4 heteroatoms. The fourth-order valence-electron chi connectivity index (χ4n) is 2.30. The maximum atomic E-state index is 11.2. The van der Waals surface area contributed by atoms with E-state index in [2.05, 4.69) is 22.0 Å². The number of nitrogens with zero attached hydrogens (tertiary/aromatic N) is 3. The van der Waals surface area contributed by atoms with Crippen molar-refractivity contribution in [2.24, 2.45) is 0 Å². The summed E-state index contributed by atoms with van der Waals surface area (Å²) in [7, 11) is 0. The van der Waals surface area contributed by atoms with Gasteiger partial charge in [-0.2, -0.15) is 0 Å². The molecule has 0 aromatic carbocycles. The summed E-state index contributed by atoms with van der Waals surface area (Å²) in [5.74, 6) is 0.190. The maximum Gasteiger partial charge on any atom is 0.219 e. The number of rotatable bonds is 3. The monoisotopic (exact) mass is 247 g/mol. The third-order valence-electron chi connectivity index (χ3n) is 3.45. The SMILES string of the molecule is CC(=O)N1CCN(CCc2cccc(C)n2)CC1. The van der Waals surface area contributed by atoms with Crippen LogP contribution in [-0.4, -0.2) is 53.4 Å². The summed E-state index contributed by atoms with van der Waals surface area (Å²) in [6.07, 6.45) is 0.988. The first-order valence-electron chi connectivity index (χ1n) is 6.55. The Morgan fingerprint density at radius 1 is 1.28 bits per heavy atom. The molecule has 0 unspecified atom stereocenters. The summed E-state index contributed by atoms with van der Waals surface area (Å²) in [6, 6.07) is 6.17. The molecule has 18 heavy (non-hydrogen) atoms. The molecule has 2 heterocycles. The molecular formula is C14H21N3O. The molecule has 0 spiro atoms. The van der Waals surface area contributed by atoms with Crippen molar-refractivity contribution in [3.05, 3.63) is 29.6 Å². The third kappa shape index (κ3) is 3.53. The predicted octanol–water partition coefficient (Wildman–Crippen LogP) is 1.10. The molecule has 1 aliphatic rings. The second-order valence-corrected chi connectivity index (χ2v) is 4.87. The molecule has 98 valence electrons. The average Bonchev–Trinajstić information content (AvgIpc) is 2.37. The Hall–Kier alpha value is -1.42. The highest BCUT2D eigenvalue weighted by Gasteiger charge is 2.17. The number of piperazine rings is 1. The molecule has 0 atom stereocenters. The maximum absolute atomic E-state index is 11.2. The molecule has 0 saturated carbocycles. The number of carbonyl (C=O) groups is 1. The van der Waals surface area contributed by atoms with E-state index in [-0.39, 0.29) is 5.91 Å². The number of aryl methyl sites for hydroxylation is 1. The lowest BCUT2D eigenvalue weighted by Crippen LogP contribution is -2.48. The predicted molar refractivity (Wildman–Crippen MR) is 71.4 cm³/mol. The molecule has 0 radical (unpaired) electrons. The molecule has 1 fully saturated rings. The van der Waals surface area contributed by atoms with Gasteiger partial charge in [0.15, 0.2) is 0 Å². The van der Waals surface area contributed by atoms with Crippen molar-refractivity contribution in [1.82, 2.24) is 14.8 Å². The van der Waals surface area contributed by atoms with E-state index in [1.807, 2.05) is 17.9 Å². The molecule has 0 N–H and O–H groups in total. The normalized spacial score (nSPS) is 16.9. The average molecular weight is 247 g/mol. The van der Waals surface area contributed by atoms with E-state index in [0.717, 1.165) is 50.5 Å². The molecule has 1 aromatic heterocycles. The van der Waals surface area contributed by atoms with Crippen molar-refractivity contribution < 1.29 is 4.79 Å². The molecular weight excluding hydrogens is 226 g/mol. The molecule has 1 amide bonds. The van der Waals surface area contributed by atoms with Crippen LogP contribution in [0.2, 0.25) is 0 Å². The van der Waals surface area contributed by atoms with Gasteiger partial charge in [0.2, 0.25) is 5.91 Å². The first kappa shape index (κ1) is 13.0. The third-order valence-corrected chi connectivity index (χ3v) is 3.45. The second kappa shape index (κ2) is 5.96. The van der Waals surface area contributed by atoms with Crippen LogP contribution in [0.1, 0.15) is 18.3 Å². The Morgan fingerprint density at radius 2 is 2.00 bits per heavy atom. The van der Waals surface area contributed by atoms with E-state index in [1.54, 1.807) is 6.92 Å². The Kier molecular flexibility index (Phi) is 4.31. The summed E-state index contributed by atoms with van der Waals surface area (Å²) in [5.41, 5.74) is 2.23. The highest BCUT2D eigenvalue weighted by atomic mass is 16.2. The minimum atomic E-state index is 0.190. The summed E-state index contributed by atoms with van der Waals surface area (Å²) in [6.45, 7) is 8.37. The molecule has 2 rings (SSSR count). The zero-order valence-electron chi connectivity index (χ0n) is 11.2. The highest BCUT2D eigenvalue weighted by Crippen LogP contribution is 2.05. The van der Waals surface area contributed by atoms with Gasteiger partial charge in [-0.05, 0) is 19.1 Å². The number of hydrogen-bond acceptors (Lipinski definition) is 3. The molecule has 0 bridgehead atoms. The largest absolute Gasteiger partial charge is 0.340 e. The van der Waals surface area contributed by atoms with Crippen LogP contribution < -0.4 is 0 Å². The van der Waals surface area contributed by atoms with E-state index in [9.17, 15) is 4.79 Å². The van der Waals surface area contributed by atoms with Crippen LogP contribution in [0.4, 0.5) is 0 Å². The van der Waals surface area contributed by atoms with E-state index < -0.39 is 0 Å². The summed E-state index contributed by atoms with van der Waals surface area (Å²) in [4.78, 5) is 20.1. The molecule has 1 saturated heterocycles. The smallest absolute Gasteiger partial charge is 0.219 e. The van der Waals surface area contributed by atoms with Gasteiger partial charge in [0.25, 0.3) is 0 Å². The van der Waals surface area contributed by atoms with Gasteiger partial charge in [-0.15, -0.1) is 0 Å². The second-order valence-electron chi connectivity index (χ2n) is 4.87. The first-order valence-corrected chi connectivity index (χ1v) is 6.55. The number of hydrogen-bond donors (Lipinski definition) is 0.